The smallest absolute Gasteiger partial charge is 0.263 e. The second kappa shape index (κ2) is 7.51. The van der Waals surface area contributed by atoms with Crippen molar-refractivity contribution in [3.63, 3.8) is 0 Å². The fourth-order valence-corrected chi connectivity index (χ4v) is 2.86. The monoisotopic (exact) mass is 346 g/mol. The number of carbonyl (C=O) groups excluding carboxylic acids is 1. The van der Waals surface area contributed by atoms with Crippen LogP contribution in [0.3, 0.4) is 0 Å². The molecule has 0 spiro atoms. The molecule has 1 saturated heterocycles. The van der Waals surface area contributed by atoms with E-state index in [1.807, 2.05) is 0 Å². The van der Waals surface area contributed by atoms with Crippen LogP contribution in [0.1, 0.15) is 6.92 Å². The van der Waals surface area contributed by atoms with Crippen LogP contribution in [0.25, 0.3) is 0 Å². The maximum Gasteiger partial charge on any atom is 0.263 e. The Kier molecular flexibility index (Phi) is 5.16. The predicted octanol–water partition coefficient (Wildman–Crippen LogP) is 3.08. The van der Waals surface area contributed by atoms with Gasteiger partial charge in [-0.15, -0.1) is 0 Å². The molecule has 2 aromatic rings. The van der Waals surface area contributed by atoms with Crippen LogP contribution in [0, 0.1) is 11.6 Å². The minimum absolute atomic E-state index is 0.0944. The Morgan fingerprint density at radius 1 is 0.920 bits per heavy atom. The number of halogens is 2. The maximum atomic E-state index is 13.0. The Balaban J connectivity index is 1.53. The van der Waals surface area contributed by atoms with E-state index in [1.165, 1.54) is 36.4 Å². The molecule has 1 heterocycles. The first-order chi connectivity index (χ1) is 12.0. The Labute approximate surface area is 145 Å². The van der Waals surface area contributed by atoms with Crippen LogP contribution < -0.4 is 9.64 Å². The molecule has 0 unspecified atom stereocenters. The first-order valence-electron chi connectivity index (χ1n) is 8.24. The normalized spacial score (nSPS) is 15.8. The van der Waals surface area contributed by atoms with Gasteiger partial charge in [0.05, 0.1) is 0 Å². The molecule has 4 nitrogen and oxygen atoms in total. The molecule has 1 aliphatic rings. The van der Waals surface area contributed by atoms with Gasteiger partial charge in [0.2, 0.25) is 0 Å². The number of hydrogen-bond donors (Lipinski definition) is 0. The van der Waals surface area contributed by atoms with E-state index in [9.17, 15) is 13.6 Å². The van der Waals surface area contributed by atoms with Gasteiger partial charge >= 0.3 is 0 Å². The quantitative estimate of drug-likeness (QED) is 0.853. The summed E-state index contributed by atoms with van der Waals surface area (Å²) < 4.78 is 31.5. The van der Waals surface area contributed by atoms with E-state index >= 15 is 0 Å². The fraction of sp³-hybridized carbons (Fsp3) is 0.316. The molecule has 1 aliphatic heterocycles. The summed E-state index contributed by atoms with van der Waals surface area (Å²) in [6.07, 6.45) is -0.636. The molecule has 0 saturated carbocycles. The molecule has 2 aromatic carbocycles. The predicted molar refractivity (Wildman–Crippen MR) is 91.7 cm³/mol. The number of ether oxygens (including phenoxy) is 1. The van der Waals surface area contributed by atoms with E-state index in [4.69, 9.17) is 4.74 Å². The van der Waals surface area contributed by atoms with Crippen LogP contribution in [0.2, 0.25) is 0 Å². The van der Waals surface area contributed by atoms with Gasteiger partial charge in [0.25, 0.3) is 5.91 Å². The highest BCUT2D eigenvalue weighted by Gasteiger charge is 2.26. The number of amides is 1. The van der Waals surface area contributed by atoms with Gasteiger partial charge in [0, 0.05) is 31.9 Å². The topological polar surface area (TPSA) is 32.8 Å². The van der Waals surface area contributed by atoms with Gasteiger partial charge in [-0.05, 0) is 55.5 Å². The molecule has 132 valence electrons. The van der Waals surface area contributed by atoms with E-state index in [-0.39, 0.29) is 17.5 Å². The fourth-order valence-electron chi connectivity index (χ4n) is 2.86. The molecule has 1 atom stereocenters. The third-order valence-electron chi connectivity index (χ3n) is 4.26. The van der Waals surface area contributed by atoms with E-state index in [2.05, 4.69) is 4.90 Å². The lowest BCUT2D eigenvalue weighted by Gasteiger charge is -2.37. The second-order valence-electron chi connectivity index (χ2n) is 6.00. The van der Waals surface area contributed by atoms with Crippen LogP contribution in [-0.2, 0) is 4.79 Å². The molecule has 1 fully saturated rings. The van der Waals surface area contributed by atoms with Crippen molar-refractivity contribution in [2.24, 2.45) is 0 Å². The summed E-state index contributed by atoms with van der Waals surface area (Å²) in [7, 11) is 0. The maximum absolute atomic E-state index is 13.0. The summed E-state index contributed by atoms with van der Waals surface area (Å²) in [4.78, 5) is 16.4. The van der Waals surface area contributed by atoms with E-state index < -0.39 is 6.10 Å². The molecule has 0 N–H and O–H groups in total. The van der Waals surface area contributed by atoms with Crippen LogP contribution in [0.15, 0.2) is 48.5 Å². The first-order valence-corrected chi connectivity index (χ1v) is 8.24. The van der Waals surface area contributed by atoms with E-state index in [0.717, 1.165) is 5.69 Å². The number of nitrogens with zero attached hydrogens (tertiary/aromatic N) is 2. The average molecular weight is 346 g/mol. The van der Waals surface area contributed by atoms with E-state index in [1.54, 1.807) is 24.0 Å². The van der Waals surface area contributed by atoms with Gasteiger partial charge in [-0.2, -0.15) is 0 Å². The van der Waals surface area contributed by atoms with Crippen molar-refractivity contribution in [1.29, 1.82) is 0 Å². The van der Waals surface area contributed by atoms with E-state index in [0.29, 0.717) is 31.9 Å². The number of piperazine rings is 1. The van der Waals surface area contributed by atoms with Gasteiger partial charge in [0.1, 0.15) is 17.4 Å². The third kappa shape index (κ3) is 4.26. The molecule has 6 heteroatoms. The largest absolute Gasteiger partial charge is 0.481 e. The summed E-state index contributed by atoms with van der Waals surface area (Å²) >= 11 is 0. The Hall–Kier alpha value is -2.63. The third-order valence-corrected chi connectivity index (χ3v) is 4.26. The Bertz CT molecular complexity index is 711. The number of rotatable bonds is 4. The Morgan fingerprint density at radius 2 is 1.44 bits per heavy atom. The molecule has 25 heavy (non-hydrogen) atoms. The van der Waals surface area contributed by atoms with Gasteiger partial charge < -0.3 is 14.5 Å². The minimum atomic E-state index is -0.636. The van der Waals surface area contributed by atoms with Crippen molar-refractivity contribution >= 4 is 11.6 Å². The van der Waals surface area contributed by atoms with Gasteiger partial charge in [-0.1, -0.05) is 0 Å². The molecular weight excluding hydrogens is 326 g/mol. The van der Waals surface area contributed by atoms with Crippen LogP contribution in [0.5, 0.6) is 5.75 Å². The highest BCUT2D eigenvalue weighted by Crippen LogP contribution is 2.18. The molecule has 0 aromatic heterocycles. The summed E-state index contributed by atoms with van der Waals surface area (Å²) in [5, 5.41) is 0. The first kappa shape index (κ1) is 17.2. The SMILES string of the molecule is C[C@H](Oc1ccc(F)cc1)C(=O)N1CCN(c2ccc(F)cc2)CC1. The number of benzene rings is 2. The second-order valence-corrected chi connectivity index (χ2v) is 6.00. The lowest BCUT2D eigenvalue weighted by Crippen LogP contribution is -2.52. The lowest BCUT2D eigenvalue weighted by molar-refractivity contribution is -0.138. The number of hydrogen-bond acceptors (Lipinski definition) is 3. The number of anilines is 1. The van der Waals surface area contributed by atoms with Gasteiger partial charge in [-0.25, -0.2) is 8.78 Å². The molecule has 0 bridgehead atoms. The molecule has 0 radical (unpaired) electrons. The summed E-state index contributed by atoms with van der Waals surface area (Å²) in [6, 6.07) is 12.0. The molecule has 1 amide bonds. The molecule has 0 aliphatic carbocycles. The van der Waals surface area contributed by atoms with Crippen LogP contribution in [-0.4, -0.2) is 43.1 Å². The zero-order valence-corrected chi connectivity index (χ0v) is 14.0. The number of carbonyl (C=O) groups is 1. The van der Waals surface area contributed by atoms with Crippen molar-refractivity contribution in [3.8, 4) is 5.75 Å². The summed E-state index contributed by atoms with van der Waals surface area (Å²) in [5.41, 5.74) is 0.948. The van der Waals surface area contributed by atoms with Crippen molar-refractivity contribution < 1.29 is 18.3 Å². The zero-order chi connectivity index (χ0) is 17.8. The van der Waals surface area contributed by atoms with Gasteiger partial charge in [-0.3, -0.25) is 4.79 Å². The average Bonchev–Trinajstić information content (AvgIpc) is 2.64. The summed E-state index contributed by atoms with van der Waals surface area (Å²) in [5.74, 6) is -0.233. The molecular formula is C19H20F2N2O2. The van der Waals surface area contributed by atoms with Crippen molar-refractivity contribution in [3.05, 3.63) is 60.2 Å². The zero-order valence-electron chi connectivity index (χ0n) is 14.0. The van der Waals surface area contributed by atoms with Crippen molar-refractivity contribution in [1.82, 2.24) is 4.90 Å². The lowest BCUT2D eigenvalue weighted by atomic mass is 10.2. The highest BCUT2D eigenvalue weighted by molar-refractivity contribution is 5.81. The summed E-state index contributed by atoms with van der Waals surface area (Å²) in [6.45, 7) is 4.21. The van der Waals surface area contributed by atoms with Crippen LogP contribution >= 0.6 is 0 Å². The Morgan fingerprint density at radius 3 is 2.00 bits per heavy atom. The minimum Gasteiger partial charge on any atom is -0.481 e. The van der Waals surface area contributed by atoms with Crippen LogP contribution in [0.4, 0.5) is 14.5 Å². The van der Waals surface area contributed by atoms with Gasteiger partial charge in [0.15, 0.2) is 6.10 Å². The highest BCUT2D eigenvalue weighted by atomic mass is 19.1. The van der Waals surface area contributed by atoms with Crippen molar-refractivity contribution in [2.45, 2.75) is 13.0 Å². The van der Waals surface area contributed by atoms with Crippen molar-refractivity contribution in [2.75, 3.05) is 31.1 Å². The molecule has 3 rings (SSSR count). The standard InChI is InChI=1S/C19H20F2N2O2/c1-14(25-18-8-4-16(21)5-9-18)19(24)23-12-10-22(11-13-23)17-6-2-15(20)3-7-17/h2-9,14H,10-13H2,1H3/t14-/m0/s1.